The average molecular weight is 302 g/mol. The monoisotopic (exact) mass is 302 g/mol. The standard InChI is InChI=1S/C12H15IO/c1-2-3-9-6-10-7-11(13)4-5-12(10)14-8-9/h4-5,7,9H,2-3,6,8H2,1H3. The number of hydrogen-bond acceptors (Lipinski definition) is 1. The van der Waals surface area contributed by atoms with Crippen molar-refractivity contribution in [1.82, 2.24) is 0 Å². The van der Waals surface area contributed by atoms with Gasteiger partial charge in [0.2, 0.25) is 0 Å². The Morgan fingerprint density at radius 2 is 2.36 bits per heavy atom. The lowest BCUT2D eigenvalue weighted by atomic mass is 9.93. The Morgan fingerprint density at radius 3 is 3.14 bits per heavy atom. The summed E-state index contributed by atoms with van der Waals surface area (Å²) in [6.07, 6.45) is 3.73. The molecule has 0 saturated heterocycles. The quantitative estimate of drug-likeness (QED) is 0.758. The summed E-state index contributed by atoms with van der Waals surface area (Å²) < 4.78 is 7.05. The molecule has 0 aliphatic carbocycles. The Morgan fingerprint density at radius 1 is 1.50 bits per heavy atom. The third kappa shape index (κ3) is 2.22. The highest BCUT2D eigenvalue weighted by atomic mass is 127. The molecule has 1 aromatic carbocycles. The lowest BCUT2D eigenvalue weighted by Gasteiger charge is -2.25. The van der Waals surface area contributed by atoms with Crippen LogP contribution in [0, 0.1) is 9.49 Å². The molecule has 0 amide bonds. The molecule has 0 fully saturated rings. The minimum absolute atomic E-state index is 0.727. The zero-order valence-electron chi connectivity index (χ0n) is 8.42. The molecule has 0 bridgehead atoms. The molecule has 0 N–H and O–H groups in total. The maximum absolute atomic E-state index is 5.74. The van der Waals surface area contributed by atoms with Gasteiger partial charge in [0, 0.05) is 3.57 Å². The van der Waals surface area contributed by atoms with Crippen LogP contribution in [0.4, 0.5) is 0 Å². The molecule has 1 aromatic rings. The highest BCUT2D eigenvalue weighted by molar-refractivity contribution is 14.1. The third-order valence-electron chi connectivity index (χ3n) is 2.70. The molecule has 1 unspecified atom stereocenters. The maximum atomic E-state index is 5.74. The molecule has 14 heavy (non-hydrogen) atoms. The van der Waals surface area contributed by atoms with E-state index in [1.165, 1.54) is 28.4 Å². The van der Waals surface area contributed by atoms with Gasteiger partial charge in [-0.3, -0.25) is 0 Å². The van der Waals surface area contributed by atoms with E-state index in [4.69, 9.17) is 4.74 Å². The first-order valence-electron chi connectivity index (χ1n) is 5.21. The molecule has 1 nitrogen and oxygen atoms in total. The Balaban J connectivity index is 2.16. The van der Waals surface area contributed by atoms with Crippen molar-refractivity contribution in [3.63, 3.8) is 0 Å². The smallest absolute Gasteiger partial charge is 0.122 e. The number of halogens is 1. The molecule has 76 valence electrons. The van der Waals surface area contributed by atoms with Crippen molar-refractivity contribution in [2.24, 2.45) is 5.92 Å². The van der Waals surface area contributed by atoms with E-state index in [0.717, 1.165) is 18.3 Å². The Labute approximate surface area is 99.0 Å². The van der Waals surface area contributed by atoms with E-state index in [2.05, 4.69) is 47.7 Å². The summed E-state index contributed by atoms with van der Waals surface area (Å²) in [6.45, 7) is 3.14. The largest absolute Gasteiger partial charge is 0.493 e. The predicted octanol–water partition coefficient (Wildman–Crippen LogP) is 3.64. The van der Waals surface area contributed by atoms with Crippen LogP contribution in [0.3, 0.4) is 0 Å². The van der Waals surface area contributed by atoms with Gasteiger partial charge in [0.1, 0.15) is 5.75 Å². The van der Waals surface area contributed by atoms with E-state index in [0.29, 0.717) is 0 Å². The van der Waals surface area contributed by atoms with E-state index >= 15 is 0 Å². The summed E-state index contributed by atoms with van der Waals surface area (Å²) in [6, 6.07) is 6.45. The molecule has 0 aromatic heterocycles. The van der Waals surface area contributed by atoms with Gasteiger partial charge in [0.05, 0.1) is 6.61 Å². The van der Waals surface area contributed by atoms with E-state index in [-0.39, 0.29) is 0 Å². The molecule has 1 aliphatic heterocycles. The number of fused-ring (bicyclic) bond motifs is 1. The van der Waals surface area contributed by atoms with Gasteiger partial charge in [-0.1, -0.05) is 13.3 Å². The van der Waals surface area contributed by atoms with E-state index < -0.39 is 0 Å². The van der Waals surface area contributed by atoms with Crippen LogP contribution in [0.25, 0.3) is 0 Å². The molecule has 1 atom stereocenters. The van der Waals surface area contributed by atoms with Crippen LogP contribution in [-0.2, 0) is 6.42 Å². The normalized spacial score (nSPS) is 20.0. The highest BCUT2D eigenvalue weighted by Crippen LogP contribution is 2.30. The van der Waals surface area contributed by atoms with Crippen molar-refractivity contribution in [3.8, 4) is 5.75 Å². The van der Waals surface area contributed by atoms with Crippen LogP contribution in [0.2, 0.25) is 0 Å². The van der Waals surface area contributed by atoms with Crippen LogP contribution in [0.5, 0.6) is 5.75 Å². The van der Waals surface area contributed by atoms with E-state index in [1.807, 2.05) is 0 Å². The average Bonchev–Trinajstić information content (AvgIpc) is 2.17. The van der Waals surface area contributed by atoms with Gasteiger partial charge in [0.25, 0.3) is 0 Å². The van der Waals surface area contributed by atoms with Gasteiger partial charge < -0.3 is 4.74 Å². The summed E-state index contributed by atoms with van der Waals surface area (Å²) in [5, 5.41) is 0. The topological polar surface area (TPSA) is 9.23 Å². The second kappa shape index (κ2) is 4.51. The van der Waals surface area contributed by atoms with Crippen molar-refractivity contribution >= 4 is 22.6 Å². The van der Waals surface area contributed by atoms with Gasteiger partial charge in [-0.2, -0.15) is 0 Å². The SMILES string of the molecule is CCCC1COc2ccc(I)cc2C1. The van der Waals surface area contributed by atoms with E-state index in [9.17, 15) is 0 Å². The van der Waals surface area contributed by atoms with Crippen molar-refractivity contribution < 1.29 is 4.74 Å². The Bertz CT molecular complexity index is 322. The van der Waals surface area contributed by atoms with Crippen LogP contribution in [0.1, 0.15) is 25.3 Å². The summed E-state index contributed by atoms with van der Waals surface area (Å²) >= 11 is 2.36. The third-order valence-corrected chi connectivity index (χ3v) is 3.37. The fraction of sp³-hybridized carbons (Fsp3) is 0.500. The zero-order chi connectivity index (χ0) is 9.97. The molecular weight excluding hydrogens is 287 g/mol. The number of benzene rings is 1. The summed E-state index contributed by atoms with van der Waals surface area (Å²) in [5.41, 5.74) is 1.39. The maximum Gasteiger partial charge on any atom is 0.122 e. The van der Waals surface area contributed by atoms with Crippen molar-refractivity contribution in [1.29, 1.82) is 0 Å². The first-order chi connectivity index (χ1) is 6.79. The van der Waals surface area contributed by atoms with Crippen LogP contribution < -0.4 is 4.74 Å². The number of rotatable bonds is 2. The van der Waals surface area contributed by atoms with E-state index in [1.54, 1.807) is 0 Å². The van der Waals surface area contributed by atoms with Gasteiger partial charge in [0.15, 0.2) is 0 Å². The summed E-state index contributed by atoms with van der Waals surface area (Å²) in [5.74, 6) is 1.82. The number of ether oxygens (including phenoxy) is 1. The molecule has 1 heterocycles. The predicted molar refractivity (Wildman–Crippen MR) is 66.8 cm³/mol. The van der Waals surface area contributed by atoms with Gasteiger partial charge >= 0.3 is 0 Å². The molecule has 2 rings (SSSR count). The zero-order valence-corrected chi connectivity index (χ0v) is 10.6. The molecule has 2 heteroatoms. The molecular formula is C12H15IO. The molecule has 1 aliphatic rings. The van der Waals surface area contributed by atoms with Crippen molar-refractivity contribution in [2.75, 3.05) is 6.61 Å². The van der Waals surface area contributed by atoms with Gasteiger partial charge in [-0.25, -0.2) is 0 Å². The van der Waals surface area contributed by atoms with Crippen LogP contribution in [0.15, 0.2) is 18.2 Å². The Kier molecular flexibility index (Phi) is 3.31. The van der Waals surface area contributed by atoms with Crippen LogP contribution >= 0.6 is 22.6 Å². The highest BCUT2D eigenvalue weighted by Gasteiger charge is 2.18. The van der Waals surface area contributed by atoms with Crippen molar-refractivity contribution in [3.05, 3.63) is 27.3 Å². The summed E-state index contributed by atoms with van der Waals surface area (Å²) in [7, 11) is 0. The number of hydrogen-bond donors (Lipinski definition) is 0. The fourth-order valence-corrected chi connectivity index (χ4v) is 2.58. The van der Waals surface area contributed by atoms with Gasteiger partial charge in [-0.05, 0) is 65.1 Å². The fourth-order valence-electron chi connectivity index (χ4n) is 2.02. The Hall–Kier alpha value is -0.250. The van der Waals surface area contributed by atoms with Crippen LogP contribution in [-0.4, -0.2) is 6.61 Å². The minimum atomic E-state index is 0.727. The first-order valence-corrected chi connectivity index (χ1v) is 6.28. The minimum Gasteiger partial charge on any atom is -0.493 e. The second-order valence-electron chi connectivity index (χ2n) is 3.92. The molecule has 0 spiro atoms. The van der Waals surface area contributed by atoms with Crippen molar-refractivity contribution in [2.45, 2.75) is 26.2 Å². The lowest BCUT2D eigenvalue weighted by Crippen LogP contribution is -2.20. The summed E-state index contributed by atoms with van der Waals surface area (Å²) in [4.78, 5) is 0. The second-order valence-corrected chi connectivity index (χ2v) is 5.17. The lowest BCUT2D eigenvalue weighted by molar-refractivity contribution is 0.213. The molecule has 0 radical (unpaired) electrons. The first kappa shape index (κ1) is 10.3. The van der Waals surface area contributed by atoms with Gasteiger partial charge in [-0.15, -0.1) is 0 Å². The molecule has 0 saturated carbocycles.